The van der Waals surface area contributed by atoms with E-state index in [1.165, 1.54) is 6.20 Å². The number of nitro groups is 1. The van der Waals surface area contributed by atoms with Crippen molar-refractivity contribution in [2.45, 2.75) is 20.4 Å². The average Bonchev–Trinajstić information content (AvgIpc) is 2.40. The molecule has 1 heterocycles. The van der Waals surface area contributed by atoms with Crippen LogP contribution in [0.3, 0.4) is 0 Å². The van der Waals surface area contributed by atoms with Gasteiger partial charge in [0.1, 0.15) is 0 Å². The molecule has 0 aliphatic carbocycles. The van der Waals surface area contributed by atoms with Gasteiger partial charge in [-0.1, -0.05) is 6.07 Å². The Balaban J connectivity index is 2.29. The predicted molar refractivity (Wildman–Crippen MR) is 89.5 cm³/mol. The number of anilines is 1. The van der Waals surface area contributed by atoms with Gasteiger partial charge in [-0.3, -0.25) is 15.1 Å². The summed E-state index contributed by atoms with van der Waals surface area (Å²) >= 11 is 6.93. The van der Waals surface area contributed by atoms with Gasteiger partial charge in [0.2, 0.25) is 0 Å². The maximum atomic E-state index is 11.1. The second kappa shape index (κ2) is 6.53. The normalized spacial score (nSPS) is 10.5. The van der Waals surface area contributed by atoms with Crippen LogP contribution < -0.4 is 5.32 Å². The molecule has 0 radical (unpaired) electrons. The summed E-state index contributed by atoms with van der Waals surface area (Å²) in [5, 5.41) is 14.4. The first-order chi connectivity index (χ1) is 9.91. The minimum Gasteiger partial charge on any atom is -0.378 e. The Morgan fingerprint density at radius 3 is 2.48 bits per heavy atom. The second-order valence-corrected chi connectivity index (χ2v) is 6.28. The van der Waals surface area contributed by atoms with Crippen molar-refractivity contribution < 1.29 is 4.92 Å². The molecule has 0 bridgehead atoms. The number of pyridine rings is 1. The Labute approximate surface area is 139 Å². The van der Waals surface area contributed by atoms with Crippen molar-refractivity contribution in [3.63, 3.8) is 0 Å². The van der Waals surface area contributed by atoms with Gasteiger partial charge in [0.15, 0.2) is 0 Å². The van der Waals surface area contributed by atoms with Crippen molar-refractivity contribution in [1.82, 2.24) is 4.98 Å². The summed E-state index contributed by atoms with van der Waals surface area (Å²) in [5.41, 5.74) is 2.85. The smallest absolute Gasteiger partial charge is 0.278 e. The highest BCUT2D eigenvalue weighted by Crippen LogP contribution is 2.31. The van der Waals surface area contributed by atoms with E-state index in [2.05, 4.69) is 42.2 Å². The van der Waals surface area contributed by atoms with Crippen LogP contribution in [0.15, 0.2) is 33.3 Å². The summed E-state index contributed by atoms with van der Waals surface area (Å²) in [5.74, 6) is 0. The van der Waals surface area contributed by atoms with E-state index in [0.717, 1.165) is 14.6 Å². The van der Waals surface area contributed by atoms with Crippen molar-refractivity contribution in [3.05, 3.63) is 60.3 Å². The van der Waals surface area contributed by atoms with E-state index < -0.39 is 0 Å². The van der Waals surface area contributed by atoms with Gasteiger partial charge in [0.25, 0.3) is 5.69 Å². The second-order valence-electron chi connectivity index (χ2n) is 4.57. The zero-order valence-electron chi connectivity index (χ0n) is 11.5. The zero-order valence-corrected chi connectivity index (χ0v) is 14.7. The Hall–Kier alpha value is -1.47. The van der Waals surface area contributed by atoms with Gasteiger partial charge in [0, 0.05) is 20.7 Å². The first kappa shape index (κ1) is 15.9. The van der Waals surface area contributed by atoms with E-state index in [4.69, 9.17) is 0 Å². The summed E-state index contributed by atoms with van der Waals surface area (Å²) in [7, 11) is 0. The molecule has 0 saturated heterocycles. The number of halogens is 2. The molecule has 2 rings (SSSR count). The topological polar surface area (TPSA) is 68.1 Å². The summed E-state index contributed by atoms with van der Waals surface area (Å²) in [4.78, 5) is 15.1. The maximum absolute atomic E-state index is 11.1. The number of nitrogens with one attached hydrogen (secondary N) is 1. The molecule has 0 atom stereocenters. The Morgan fingerprint density at radius 1 is 1.29 bits per heavy atom. The number of rotatable bonds is 4. The zero-order chi connectivity index (χ0) is 15.6. The highest BCUT2D eigenvalue weighted by molar-refractivity contribution is 9.11. The summed E-state index contributed by atoms with van der Waals surface area (Å²) < 4.78 is 1.83. The van der Waals surface area contributed by atoms with Crippen LogP contribution in [0, 0.1) is 24.0 Å². The van der Waals surface area contributed by atoms with Crippen LogP contribution in [0.4, 0.5) is 11.4 Å². The first-order valence-corrected chi connectivity index (χ1v) is 7.77. The number of aromatic nitrogens is 1. The van der Waals surface area contributed by atoms with Crippen LogP contribution in [-0.2, 0) is 6.54 Å². The lowest BCUT2D eigenvalue weighted by atomic mass is 10.1. The molecular weight excluding hydrogens is 402 g/mol. The van der Waals surface area contributed by atoms with Crippen molar-refractivity contribution in [3.8, 4) is 0 Å². The van der Waals surface area contributed by atoms with E-state index in [9.17, 15) is 10.1 Å². The van der Waals surface area contributed by atoms with Crippen molar-refractivity contribution in [2.75, 3.05) is 5.32 Å². The molecule has 0 aliphatic rings. The lowest BCUT2D eigenvalue weighted by molar-refractivity contribution is -0.386. The molecule has 110 valence electrons. The fourth-order valence-electron chi connectivity index (χ4n) is 2.06. The largest absolute Gasteiger partial charge is 0.378 e. The van der Waals surface area contributed by atoms with Crippen LogP contribution in [-0.4, -0.2) is 9.91 Å². The standard InChI is InChI=1S/C14H13Br2N3O2/c1-8-6-17-12(9(2)14(8)19(20)21)7-18-13-10(15)4-3-5-11(13)16/h3-6,18H,7H2,1-2H3. The lowest BCUT2D eigenvalue weighted by Crippen LogP contribution is -2.07. The number of benzene rings is 1. The van der Waals surface area contributed by atoms with Crippen molar-refractivity contribution in [1.29, 1.82) is 0 Å². The molecular formula is C14H13Br2N3O2. The molecule has 1 aromatic carbocycles. The third kappa shape index (κ3) is 3.41. The van der Waals surface area contributed by atoms with E-state index in [0.29, 0.717) is 23.4 Å². The third-order valence-electron chi connectivity index (χ3n) is 3.15. The SMILES string of the molecule is Cc1cnc(CNc2c(Br)cccc2Br)c(C)c1[N+](=O)[O-]. The molecule has 1 N–H and O–H groups in total. The van der Waals surface area contributed by atoms with E-state index >= 15 is 0 Å². The fourth-order valence-corrected chi connectivity index (χ4v) is 3.34. The van der Waals surface area contributed by atoms with Crippen LogP contribution >= 0.6 is 31.9 Å². The number of aryl methyl sites for hydroxylation is 1. The van der Waals surface area contributed by atoms with Crippen LogP contribution in [0.5, 0.6) is 0 Å². The maximum Gasteiger partial charge on any atom is 0.278 e. The van der Waals surface area contributed by atoms with Gasteiger partial charge in [-0.25, -0.2) is 0 Å². The Morgan fingerprint density at radius 2 is 1.90 bits per heavy atom. The van der Waals surface area contributed by atoms with E-state index in [1.807, 2.05) is 18.2 Å². The Kier molecular flexibility index (Phi) is 4.95. The molecule has 0 saturated carbocycles. The fraction of sp³-hybridized carbons (Fsp3) is 0.214. The minimum absolute atomic E-state index is 0.132. The molecule has 0 fully saturated rings. The summed E-state index contributed by atoms with van der Waals surface area (Å²) in [6, 6.07) is 5.76. The van der Waals surface area contributed by atoms with Gasteiger partial charge in [0.05, 0.1) is 28.4 Å². The van der Waals surface area contributed by atoms with Crippen LogP contribution in [0.1, 0.15) is 16.8 Å². The summed E-state index contributed by atoms with van der Waals surface area (Å²) in [6.45, 7) is 3.83. The first-order valence-electron chi connectivity index (χ1n) is 6.19. The van der Waals surface area contributed by atoms with Gasteiger partial charge in [-0.2, -0.15) is 0 Å². The van der Waals surface area contributed by atoms with Crippen LogP contribution in [0.2, 0.25) is 0 Å². The third-order valence-corrected chi connectivity index (χ3v) is 4.48. The average molecular weight is 415 g/mol. The monoisotopic (exact) mass is 413 g/mol. The highest BCUT2D eigenvalue weighted by Gasteiger charge is 2.18. The number of hydrogen-bond acceptors (Lipinski definition) is 4. The molecule has 5 nitrogen and oxygen atoms in total. The minimum atomic E-state index is -0.357. The number of para-hydroxylation sites is 1. The number of nitrogens with zero attached hydrogens (tertiary/aromatic N) is 2. The Bertz CT molecular complexity index is 685. The van der Waals surface area contributed by atoms with Gasteiger partial charge in [-0.15, -0.1) is 0 Å². The molecule has 0 aliphatic heterocycles. The molecule has 21 heavy (non-hydrogen) atoms. The molecule has 1 aromatic heterocycles. The van der Waals surface area contributed by atoms with Crippen molar-refractivity contribution in [2.24, 2.45) is 0 Å². The summed E-state index contributed by atoms with van der Waals surface area (Å²) in [6.07, 6.45) is 1.54. The molecule has 0 amide bonds. The lowest BCUT2D eigenvalue weighted by Gasteiger charge is -2.12. The van der Waals surface area contributed by atoms with E-state index in [-0.39, 0.29) is 10.6 Å². The molecule has 0 spiro atoms. The van der Waals surface area contributed by atoms with Gasteiger partial charge < -0.3 is 5.32 Å². The molecule has 0 unspecified atom stereocenters. The quantitative estimate of drug-likeness (QED) is 0.579. The van der Waals surface area contributed by atoms with Gasteiger partial charge >= 0.3 is 0 Å². The van der Waals surface area contributed by atoms with Crippen LogP contribution in [0.25, 0.3) is 0 Å². The van der Waals surface area contributed by atoms with Crippen molar-refractivity contribution >= 4 is 43.2 Å². The van der Waals surface area contributed by atoms with Gasteiger partial charge in [-0.05, 0) is 57.8 Å². The van der Waals surface area contributed by atoms with E-state index in [1.54, 1.807) is 13.8 Å². The number of hydrogen-bond donors (Lipinski definition) is 1. The highest BCUT2D eigenvalue weighted by atomic mass is 79.9. The predicted octanol–water partition coefficient (Wildman–Crippen LogP) is 4.74. The molecule has 2 aromatic rings. The molecule has 7 heteroatoms.